The molecule has 1 aliphatic heterocycles. The number of methoxy groups -OCH3 is 1. The Hall–Kier alpha value is -2.56. The third-order valence-corrected chi connectivity index (χ3v) is 5.40. The smallest absolute Gasteiger partial charge is 0.316 e. The maximum Gasteiger partial charge on any atom is 0.316 e. The van der Waals surface area contributed by atoms with Gasteiger partial charge in [0, 0.05) is 25.8 Å². The molecule has 5 nitrogen and oxygen atoms in total. The topological polar surface area (TPSA) is 51.5 Å². The number of esters is 1. The first kappa shape index (κ1) is 17.3. The number of rotatable bonds is 3. The molecule has 1 aromatic carbocycles. The normalized spacial score (nSPS) is 16.5. The Morgan fingerprint density at radius 3 is 2.20 bits per heavy atom. The Kier molecular flexibility index (Phi) is 4.66. The van der Waals surface area contributed by atoms with Crippen molar-refractivity contribution in [3.05, 3.63) is 59.4 Å². The van der Waals surface area contributed by atoms with Gasteiger partial charge in [-0.25, -0.2) is 0 Å². The zero-order valence-corrected chi connectivity index (χ0v) is 15.0. The molecule has 0 atom stereocenters. The minimum Gasteiger partial charge on any atom is -0.468 e. The van der Waals surface area contributed by atoms with Crippen LogP contribution in [0.3, 0.4) is 0 Å². The molecular weight excluding hydrogens is 316 g/mol. The largest absolute Gasteiger partial charge is 0.468 e. The van der Waals surface area contributed by atoms with Crippen molar-refractivity contribution in [3.8, 4) is 0 Å². The van der Waals surface area contributed by atoms with Crippen LogP contribution in [0, 0.1) is 6.92 Å². The minimum absolute atomic E-state index is 0.0159. The first-order valence-corrected chi connectivity index (χ1v) is 8.55. The van der Waals surface area contributed by atoms with Crippen molar-refractivity contribution < 1.29 is 14.3 Å². The first-order chi connectivity index (χ1) is 12.0. The van der Waals surface area contributed by atoms with Gasteiger partial charge in [-0.15, -0.1) is 0 Å². The predicted octanol–water partition coefficient (Wildman–Crippen LogP) is 2.68. The van der Waals surface area contributed by atoms with Gasteiger partial charge in [-0.1, -0.05) is 30.3 Å². The van der Waals surface area contributed by atoms with E-state index in [1.807, 2.05) is 65.9 Å². The van der Waals surface area contributed by atoms with Gasteiger partial charge in [-0.2, -0.15) is 0 Å². The zero-order valence-electron chi connectivity index (χ0n) is 15.0. The van der Waals surface area contributed by atoms with Crippen LogP contribution in [0.5, 0.6) is 0 Å². The molecule has 5 heteroatoms. The van der Waals surface area contributed by atoms with E-state index in [0.717, 1.165) is 11.3 Å². The van der Waals surface area contributed by atoms with Gasteiger partial charge < -0.3 is 14.2 Å². The third-order valence-electron chi connectivity index (χ3n) is 5.40. The summed E-state index contributed by atoms with van der Waals surface area (Å²) in [6.45, 7) is 3.05. The van der Waals surface area contributed by atoms with Crippen molar-refractivity contribution in [3.63, 3.8) is 0 Å². The average Bonchev–Trinajstić information content (AvgIpc) is 3.00. The number of aromatic nitrogens is 1. The van der Waals surface area contributed by atoms with E-state index < -0.39 is 5.41 Å². The van der Waals surface area contributed by atoms with E-state index in [4.69, 9.17) is 4.74 Å². The molecule has 2 heterocycles. The number of carbonyl (C=O) groups is 2. The van der Waals surface area contributed by atoms with Gasteiger partial charge in [-0.05, 0) is 37.5 Å². The molecule has 0 unspecified atom stereocenters. The van der Waals surface area contributed by atoms with E-state index >= 15 is 0 Å². The summed E-state index contributed by atoms with van der Waals surface area (Å²) in [5.41, 5.74) is 2.02. The van der Waals surface area contributed by atoms with E-state index in [0.29, 0.717) is 31.6 Å². The second-order valence-electron chi connectivity index (χ2n) is 6.65. The SMILES string of the molecule is COC(=O)C1(c2ccccc2)CCN(C(=O)c2ccc(C)n2C)CC1. The molecule has 1 fully saturated rings. The molecule has 1 aromatic heterocycles. The lowest BCUT2D eigenvalue weighted by Crippen LogP contribution is -2.49. The van der Waals surface area contributed by atoms with Gasteiger partial charge in [0.25, 0.3) is 5.91 Å². The number of piperidine rings is 1. The van der Waals surface area contributed by atoms with Crippen LogP contribution in [-0.2, 0) is 22.0 Å². The molecule has 0 radical (unpaired) electrons. The molecule has 0 bridgehead atoms. The van der Waals surface area contributed by atoms with Crippen molar-refractivity contribution in [1.29, 1.82) is 0 Å². The summed E-state index contributed by atoms with van der Waals surface area (Å²) in [6.07, 6.45) is 1.14. The molecule has 1 aliphatic rings. The van der Waals surface area contributed by atoms with Crippen LogP contribution in [0.25, 0.3) is 0 Å². The Bertz CT molecular complexity index is 771. The number of hydrogen-bond donors (Lipinski definition) is 0. The molecule has 1 amide bonds. The Morgan fingerprint density at radius 2 is 1.68 bits per heavy atom. The summed E-state index contributed by atoms with van der Waals surface area (Å²) in [4.78, 5) is 27.2. The molecule has 0 N–H and O–H groups in total. The summed E-state index contributed by atoms with van der Waals surface area (Å²) in [7, 11) is 3.33. The molecule has 3 rings (SSSR count). The van der Waals surface area contributed by atoms with E-state index in [-0.39, 0.29) is 11.9 Å². The van der Waals surface area contributed by atoms with Crippen molar-refractivity contribution in [1.82, 2.24) is 9.47 Å². The van der Waals surface area contributed by atoms with Crippen molar-refractivity contribution >= 4 is 11.9 Å². The van der Waals surface area contributed by atoms with Gasteiger partial charge in [-0.3, -0.25) is 9.59 Å². The van der Waals surface area contributed by atoms with Gasteiger partial charge in [0.05, 0.1) is 12.5 Å². The average molecular weight is 340 g/mol. The molecule has 1 saturated heterocycles. The number of benzene rings is 1. The number of amides is 1. The zero-order chi connectivity index (χ0) is 18.0. The number of aryl methyl sites for hydroxylation is 1. The highest BCUT2D eigenvalue weighted by atomic mass is 16.5. The van der Waals surface area contributed by atoms with Crippen LogP contribution >= 0.6 is 0 Å². The lowest BCUT2D eigenvalue weighted by atomic mass is 9.72. The summed E-state index contributed by atoms with van der Waals surface area (Å²) in [5.74, 6) is -0.206. The van der Waals surface area contributed by atoms with Crippen LogP contribution in [0.1, 0.15) is 34.6 Å². The molecule has 0 aliphatic carbocycles. The summed E-state index contributed by atoms with van der Waals surface area (Å²) < 4.78 is 7.01. The number of ether oxygens (including phenoxy) is 1. The second-order valence-corrected chi connectivity index (χ2v) is 6.65. The number of carbonyl (C=O) groups excluding carboxylic acids is 2. The van der Waals surface area contributed by atoms with E-state index in [2.05, 4.69) is 0 Å². The third kappa shape index (κ3) is 2.95. The van der Waals surface area contributed by atoms with E-state index in [1.54, 1.807) is 0 Å². The molecule has 25 heavy (non-hydrogen) atoms. The van der Waals surface area contributed by atoms with Crippen molar-refractivity contribution in [2.24, 2.45) is 7.05 Å². The quantitative estimate of drug-likeness (QED) is 0.807. The van der Waals surface area contributed by atoms with Gasteiger partial charge in [0.1, 0.15) is 5.69 Å². The molecule has 0 saturated carbocycles. The second kappa shape index (κ2) is 6.75. The molecular formula is C20H24N2O3. The fraction of sp³-hybridized carbons (Fsp3) is 0.400. The fourth-order valence-electron chi connectivity index (χ4n) is 3.64. The summed E-state index contributed by atoms with van der Waals surface area (Å²) in [5, 5.41) is 0. The number of nitrogens with zero attached hydrogens (tertiary/aromatic N) is 2. The van der Waals surface area contributed by atoms with E-state index in [1.165, 1.54) is 7.11 Å². The molecule has 0 spiro atoms. The van der Waals surface area contributed by atoms with Crippen LogP contribution in [0.15, 0.2) is 42.5 Å². The van der Waals surface area contributed by atoms with Crippen LogP contribution < -0.4 is 0 Å². The molecule has 132 valence electrons. The highest BCUT2D eigenvalue weighted by Crippen LogP contribution is 2.37. The summed E-state index contributed by atoms with van der Waals surface area (Å²) >= 11 is 0. The van der Waals surface area contributed by atoms with Gasteiger partial charge in [0.2, 0.25) is 0 Å². The highest BCUT2D eigenvalue weighted by Gasteiger charge is 2.44. The number of likely N-dealkylation sites (tertiary alicyclic amines) is 1. The van der Waals surface area contributed by atoms with Crippen LogP contribution in [-0.4, -0.2) is 41.5 Å². The molecule has 2 aromatic rings. The minimum atomic E-state index is -0.670. The lowest BCUT2D eigenvalue weighted by molar-refractivity contribution is -0.149. The maximum absolute atomic E-state index is 12.8. The number of hydrogen-bond acceptors (Lipinski definition) is 3. The lowest BCUT2D eigenvalue weighted by Gasteiger charge is -2.40. The van der Waals surface area contributed by atoms with Crippen molar-refractivity contribution in [2.75, 3.05) is 20.2 Å². The predicted molar refractivity (Wildman–Crippen MR) is 95.4 cm³/mol. The Labute approximate surface area is 148 Å². The van der Waals surface area contributed by atoms with Gasteiger partial charge >= 0.3 is 5.97 Å². The van der Waals surface area contributed by atoms with Crippen LogP contribution in [0.2, 0.25) is 0 Å². The Balaban J connectivity index is 1.82. The Morgan fingerprint density at radius 1 is 1.04 bits per heavy atom. The van der Waals surface area contributed by atoms with Gasteiger partial charge in [0.15, 0.2) is 0 Å². The fourth-order valence-corrected chi connectivity index (χ4v) is 3.64. The monoisotopic (exact) mass is 340 g/mol. The summed E-state index contributed by atoms with van der Waals surface area (Å²) in [6, 6.07) is 13.5. The standard InChI is InChI=1S/C20H24N2O3/c1-15-9-10-17(21(15)2)18(23)22-13-11-20(12-14-22,19(24)25-3)16-7-5-4-6-8-16/h4-10H,11-14H2,1-3H3. The van der Waals surface area contributed by atoms with Crippen molar-refractivity contribution in [2.45, 2.75) is 25.2 Å². The maximum atomic E-state index is 12.8. The van der Waals surface area contributed by atoms with E-state index in [9.17, 15) is 9.59 Å². The highest BCUT2D eigenvalue weighted by molar-refractivity contribution is 5.93. The van der Waals surface area contributed by atoms with Crippen LogP contribution in [0.4, 0.5) is 0 Å². The first-order valence-electron chi connectivity index (χ1n) is 8.55.